The molecule has 4 atom stereocenters. The highest BCUT2D eigenvalue weighted by Gasteiger charge is 2.41. The van der Waals surface area contributed by atoms with E-state index in [-0.39, 0.29) is 0 Å². The Morgan fingerprint density at radius 2 is 2.26 bits per heavy atom. The summed E-state index contributed by atoms with van der Waals surface area (Å²) < 4.78 is 5.05. The Balaban J connectivity index is 1.70. The molecule has 104 valence electrons. The summed E-state index contributed by atoms with van der Waals surface area (Å²) in [4.78, 5) is 8.28. The molecule has 2 aliphatic carbocycles. The number of methoxy groups -OCH3 is 1. The van der Waals surface area contributed by atoms with E-state index in [2.05, 4.69) is 22.2 Å². The van der Waals surface area contributed by atoms with Crippen LogP contribution in [0.1, 0.15) is 32.6 Å². The van der Waals surface area contributed by atoms with Crippen LogP contribution >= 0.6 is 11.6 Å². The van der Waals surface area contributed by atoms with Crippen LogP contribution in [0.4, 0.5) is 5.82 Å². The number of nitrogens with one attached hydrogen (secondary N) is 1. The minimum Gasteiger partial charge on any atom is -0.467 e. The highest BCUT2D eigenvalue weighted by Crippen LogP contribution is 2.49. The topological polar surface area (TPSA) is 47.0 Å². The van der Waals surface area contributed by atoms with Gasteiger partial charge in [0.25, 0.3) is 0 Å². The molecule has 3 rings (SSSR count). The van der Waals surface area contributed by atoms with Crippen LogP contribution < -0.4 is 10.1 Å². The van der Waals surface area contributed by atoms with E-state index in [0.717, 1.165) is 17.8 Å². The van der Waals surface area contributed by atoms with E-state index in [1.54, 1.807) is 13.3 Å². The fraction of sp³-hybridized carbons (Fsp3) is 0.714. The average molecular weight is 282 g/mol. The lowest BCUT2D eigenvalue weighted by Crippen LogP contribution is -2.30. The van der Waals surface area contributed by atoms with Gasteiger partial charge in [-0.3, -0.25) is 0 Å². The van der Waals surface area contributed by atoms with Gasteiger partial charge in [-0.05, 0) is 43.9 Å². The van der Waals surface area contributed by atoms with Gasteiger partial charge in [0.05, 0.1) is 13.3 Å². The van der Waals surface area contributed by atoms with Crippen LogP contribution in [-0.2, 0) is 0 Å². The Morgan fingerprint density at radius 1 is 1.42 bits per heavy atom. The monoisotopic (exact) mass is 281 g/mol. The standard InChI is InChI=1S/C14H20ClN3O/c1-8(11-6-9-3-4-10(11)5-9)17-13-12(15)7-16-14(18-13)19-2/h7-11H,3-6H2,1-2H3,(H,16,17,18). The molecule has 0 amide bonds. The summed E-state index contributed by atoms with van der Waals surface area (Å²) in [5, 5.41) is 4.00. The van der Waals surface area contributed by atoms with Gasteiger partial charge < -0.3 is 10.1 Å². The molecular weight excluding hydrogens is 262 g/mol. The van der Waals surface area contributed by atoms with E-state index >= 15 is 0 Å². The molecular formula is C14H20ClN3O. The average Bonchev–Trinajstić information content (AvgIpc) is 3.03. The summed E-state index contributed by atoms with van der Waals surface area (Å²) in [5.74, 6) is 3.27. The SMILES string of the molecule is COc1ncc(Cl)c(NC(C)C2CC3CCC2C3)n1. The summed E-state index contributed by atoms with van der Waals surface area (Å²) in [6.07, 6.45) is 7.16. The van der Waals surface area contributed by atoms with Crippen molar-refractivity contribution < 1.29 is 4.74 Å². The largest absolute Gasteiger partial charge is 0.467 e. The van der Waals surface area contributed by atoms with Crippen LogP contribution in [-0.4, -0.2) is 23.1 Å². The molecule has 0 spiro atoms. The number of ether oxygens (including phenoxy) is 1. The zero-order chi connectivity index (χ0) is 13.4. The molecule has 0 aromatic carbocycles. The molecule has 5 heteroatoms. The predicted molar refractivity (Wildman–Crippen MR) is 75.6 cm³/mol. The van der Waals surface area contributed by atoms with Crippen molar-refractivity contribution in [1.29, 1.82) is 0 Å². The number of rotatable bonds is 4. The van der Waals surface area contributed by atoms with Gasteiger partial charge in [0.2, 0.25) is 0 Å². The van der Waals surface area contributed by atoms with Gasteiger partial charge in [0, 0.05) is 6.04 Å². The number of hydrogen-bond donors (Lipinski definition) is 1. The van der Waals surface area contributed by atoms with Crippen molar-refractivity contribution in [3.63, 3.8) is 0 Å². The van der Waals surface area contributed by atoms with E-state index in [0.29, 0.717) is 22.9 Å². The third kappa shape index (κ3) is 2.50. The second kappa shape index (κ2) is 5.16. The van der Waals surface area contributed by atoms with Crippen LogP contribution in [0.25, 0.3) is 0 Å². The van der Waals surface area contributed by atoms with E-state index in [1.807, 2.05) is 0 Å². The molecule has 4 unspecified atom stereocenters. The summed E-state index contributed by atoms with van der Waals surface area (Å²) in [6.45, 7) is 2.23. The smallest absolute Gasteiger partial charge is 0.318 e. The normalized spacial score (nSPS) is 30.4. The first-order chi connectivity index (χ1) is 9.17. The zero-order valence-electron chi connectivity index (χ0n) is 11.4. The van der Waals surface area contributed by atoms with Gasteiger partial charge in [0.1, 0.15) is 5.02 Å². The Hall–Kier alpha value is -1.03. The van der Waals surface area contributed by atoms with Crippen molar-refractivity contribution in [2.24, 2.45) is 17.8 Å². The maximum atomic E-state index is 6.14. The van der Waals surface area contributed by atoms with E-state index in [1.165, 1.54) is 25.7 Å². The maximum Gasteiger partial charge on any atom is 0.318 e. The lowest BCUT2D eigenvalue weighted by Gasteiger charge is -2.29. The number of aromatic nitrogens is 2. The van der Waals surface area contributed by atoms with Gasteiger partial charge in [-0.1, -0.05) is 18.0 Å². The lowest BCUT2D eigenvalue weighted by atomic mass is 9.84. The molecule has 2 saturated carbocycles. The van der Waals surface area contributed by atoms with Crippen molar-refractivity contribution in [3.05, 3.63) is 11.2 Å². The van der Waals surface area contributed by atoms with Crippen molar-refractivity contribution in [2.45, 2.75) is 38.6 Å². The number of nitrogens with zero attached hydrogens (tertiary/aromatic N) is 2. The van der Waals surface area contributed by atoms with Gasteiger partial charge in [-0.15, -0.1) is 0 Å². The molecule has 1 N–H and O–H groups in total. The second-order valence-corrected chi connectivity index (χ2v) is 6.23. The first-order valence-electron chi connectivity index (χ1n) is 7.00. The van der Waals surface area contributed by atoms with Gasteiger partial charge in [-0.2, -0.15) is 4.98 Å². The molecule has 2 aliphatic rings. The number of anilines is 1. The molecule has 0 aliphatic heterocycles. The first kappa shape index (κ1) is 13.0. The molecule has 2 bridgehead atoms. The van der Waals surface area contributed by atoms with Crippen molar-refractivity contribution in [3.8, 4) is 6.01 Å². The minimum atomic E-state index is 0.354. The second-order valence-electron chi connectivity index (χ2n) is 5.82. The quantitative estimate of drug-likeness (QED) is 0.919. The van der Waals surface area contributed by atoms with Gasteiger partial charge >= 0.3 is 6.01 Å². The third-order valence-corrected chi connectivity index (χ3v) is 4.98. The fourth-order valence-corrected chi connectivity index (χ4v) is 3.93. The van der Waals surface area contributed by atoms with Crippen LogP contribution in [0.2, 0.25) is 5.02 Å². The van der Waals surface area contributed by atoms with Crippen LogP contribution in [0.15, 0.2) is 6.20 Å². The Bertz CT molecular complexity index is 468. The number of halogens is 1. The number of fused-ring (bicyclic) bond motifs is 2. The number of hydrogen-bond acceptors (Lipinski definition) is 4. The summed E-state index contributed by atoms with van der Waals surface area (Å²) in [5.41, 5.74) is 0. The first-order valence-corrected chi connectivity index (χ1v) is 7.38. The van der Waals surface area contributed by atoms with Crippen LogP contribution in [0, 0.1) is 17.8 Å². The van der Waals surface area contributed by atoms with Crippen LogP contribution in [0.5, 0.6) is 6.01 Å². The molecule has 0 saturated heterocycles. The summed E-state index contributed by atoms with van der Waals surface area (Å²) in [7, 11) is 1.56. The predicted octanol–water partition coefficient (Wildman–Crippen LogP) is 3.38. The van der Waals surface area contributed by atoms with E-state index < -0.39 is 0 Å². The summed E-state index contributed by atoms with van der Waals surface area (Å²) >= 11 is 6.14. The lowest BCUT2D eigenvalue weighted by molar-refractivity contribution is 0.303. The Kier molecular flexibility index (Phi) is 3.52. The Morgan fingerprint density at radius 3 is 2.89 bits per heavy atom. The molecule has 0 radical (unpaired) electrons. The highest BCUT2D eigenvalue weighted by molar-refractivity contribution is 6.32. The zero-order valence-corrected chi connectivity index (χ0v) is 12.2. The molecule has 19 heavy (non-hydrogen) atoms. The summed E-state index contributed by atoms with van der Waals surface area (Å²) in [6, 6.07) is 0.749. The van der Waals surface area contributed by atoms with Crippen molar-refractivity contribution >= 4 is 17.4 Å². The molecule has 1 aromatic heterocycles. The third-order valence-electron chi connectivity index (χ3n) is 4.70. The molecule has 4 nitrogen and oxygen atoms in total. The minimum absolute atomic E-state index is 0.354. The highest BCUT2D eigenvalue weighted by atomic mass is 35.5. The van der Waals surface area contributed by atoms with E-state index in [9.17, 15) is 0 Å². The maximum absolute atomic E-state index is 6.14. The molecule has 2 fully saturated rings. The Labute approximate surface area is 118 Å². The van der Waals surface area contributed by atoms with Crippen LogP contribution in [0.3, 0.4) is 0 Å². The van der Waals surface area contributed by atoms with E-state index in [4.69, 9.17) is 16.3 Å². The van der Waals surface area contributed by atoms with Gasteiger partial charge in [0.15, 0.2) is 5.82 Å². The fourth-order valence-electron chi connectivity index (χ4n) is 3.78. The van der Waals surface area contributed by atoms with Crippen molar-refractivity contribution in [1.82, 2.24) is 9.97 Å². The molecule has 1 heterocycles. The van der Waals surface area contributed by atoms with Crippen molar-refractivity contribution in [2.75, 3.05) is 12.4 Å². The molecule has 1 aromatic rings. The van der Waals surface area contributed by atoms with Gasteiger partial charge in [-0.25, -0.2) is 4.98 Å².